The first-order valence-electron chi connectivity index (χ1n) is 19.7. The minimum atomic E-state index is -1.06. The van der Waals surface area contributed by atoms with E-state index in [1.165, 1.54) is 7.11 Å². The van der Waals surface area contributed by atoms with Gasteiger partial charge in [0.1, 0.15) is 28.1 Å². The van der Waals surface area contributed by atoms with Gasteiger partial charge in [-0.2, -0.15) is 0 Å². The fourth-order valence-electron chi connectivity index (χ4n) is 9.04. The maximum Gasteiger partial charge on any atom is 0.482 e. The van der Waals surface area contributed by atoms with E-state index < -0.39 is 71.4 Å². The second kappa shape index (κ2) is 15.3. The molecular formula is C41H64BN3O10. The first-order valence-corrected chi connectivity index (χ1v) is 19.7. The number of hydrogen-bond acceptors (Lipinski definition) is 12. The van der Waals surface area contributed by atoms with Crippen LogP contribution in [-0.4, -0.2) is 96.6 Å². The fourth-order valence-corrected chi connectivity index (χ4v) is 9.04. The van der Waals surface area contributed by atoms with Gasteiger partial charge in [-0.25, -0.2) is 4.79 Å². The summed E-state index contributed by atoms with van der Waals surface area (Å²) in [6, 6.07) is 5.26. The number of methoxy groups -OCH3 is 1. The summed E-state index contributed by atoms with van der Waals surface area (Å²) in [5.41, 5.74) is 4.94. The number of hydrogen-bond donors (Lipinski definition) is 2. The molecule has 1 aromatic rings. The molecule has 0 aromatic heterocycles. The zero-order chi connectivity index (χ0) is 41.1. The molecular weight excluding hydrogens is 705 g/mol. The average Bonchev–Trinajstić information content (AvgIpc) is 3.39. The number of rotatable bonds is 10. The van der Waals surface area contributed by atoms with Crippen molar-refractivity contribution in [3.05, 3.63) is 29.3 Å². The molecule has 306 valence electrons. The molecule has 5 aliphatic rings. The van der Waals surface area contributed by atoms with Gasteiger partial charge in [-0.3, -0.25) is 19.3 Å². The predicted octanol–water partition coefficient (Wildman–Crippen LogP) is 4.85. The Balaban J connectivity index is 1.41. The van der Waals surface area contributed by atoms with Crippen LogP contribution in [0.4, 0.5) is 0 Å². The predicted molar refractivity (Wildman–Crippen MR) is 207 cm³/mol. The van der Waals surface area contributed by atoms with Crippen molar-refractivity contribution in [1.82, 2.24) is 10.2 Å². The third kappa shape index (κ3) is 9.34. The van der Waals surface area contributed by atoms with Crippen LogP contribution < -0.4 is 15.8 Å². The number of carbonyl (C=O) groups is 4. The fraction of sp³-hybridized carbons (Fsp3) is 0.756. The molecule has 6 rings (SSSR count). The summed E-state index contributed by atoms with van der Waals surface area (Å²) in [6.45, 7) is 22.7. The van der Waals surface area contributed by atoms with Crippen molar-refractivity contribution in [2.45, 2.75) is 149 Å². The van der Waals surface area contributed by atoms with Gasteiger partial charge in [0.2, 0.25) is 5.91 Å². The average molecular weight is 770 g/mol. The van der Waals surface area contributed by atoms with Crippen LogP contribution in [0.1, 0.15) is 118 Å². The standard InChI is InChI=1S/C41H64BN3O10/c1-37(2,3)51-34(47)25-17-18-45(33(43)31(25)36(49)53-39(7,8)9)22-30(46)44-29(42-54-28-21-24-20-27(40(24,10)11)41(28,12)55-42)19-23-15-14-16-26(32(23)50-13)35(48)52-38(4,5)6/h14-16,24-25,27-29,31,33H,17-22,43H2,1-13H3,(H,44,46). The van der Waals surface area contributed by atoms with Crippen molar-refractivity contribution >= 4 is 30.9 Å². The number of likely N-dealkylation sites (tertiary alicyclic amines) is 1. The van der Waals surface area contributed by atoms with E-state index in [1.54, 1.807) is 79.3 Å². The van der Waals surface area contributed by atoms with Crippen LogP contribution in [0.2, 0.25) is 0 Å². The number of amides is 1. The molecule has 14 heteroatoms. The quantitative estimate of drug-likeness (QED) is 0.189. The van der Waals surface area contributed by atoms with E-state index in [0.29, 0.717) is 23.1 Å². The Labute approximate surface area is 327 Å². The first kappa shape index (κ1) is 42.9. The second-order valence-corrected chi connectivity index (χ2v) is 19.7. The Bertz CT molecular complexity index is 1630. The van der Waals surface area contributed by atoms with Gasteiger partial charge in [0, 0.05) is 6.54 Å². The Hall–Kier alpha value is -3.20. The van der Waals surface area contributed by atoms with Crippen LogP contribution in [0.3, 0.4) is 0 Å². The van der Waals surface area contributed by atoms with Crippen molar-refractivity contribution < 1.29 is 47.4 Å². The largest absolute Gasteiger partial charge is 0.496 e. The lowest BCUT2D eigenvalue weighted by atomic mass is 9.43. The first-order chi connectivity index (χ1) is 25.2. The van der Waals surface area contributed by atoms with Crippen LogP contribution in [0.25, 0.3) is 0 Å². The number of benzene rings is 1. The van der Waals surface area contributed by atoms with Gasteiger partial charge < -0.3 is 39.3 Å². The molecule has 1 aromatic carbocycles. The Morgan fingerprint density at radius 1 is 0.945 bits per heavy atom. The number of nitrogens with zero attached hydrogens (tertiary/aromatic N) is 1. The van der Waals surface area contributed by atoms with Crippen LogP contribution in [0.15, 0.2) is 18.2 Å². The molecule has 3 N–H and O–H groups in total. The zero-order valence-electron chi connectivity index (χ0n) is 35.2. The highest BCUT2D eigenvalue weighted by Crippen LogP contribution is 2.65. The lowest BCUT2D eigenvalue weighted by Crippen LogP contribution is -2.65. The molecule has 2 saturated heterocycles. The summed E-state index contributed by atoms with van der Waals surface area (Å²) in [6.07, 6.45) is 1.23. The van der Waals surface area contributed by atoms with Crippen molar-refractivity contribution in [3.8, 4) is 5.75 Å². The molecule has 1 amide bonds. The highest BCUT2D eigenvalue weighted by molar-refractivity contribution is 6.48. The highest BCUT2D eigenvalue weighted by atomic mass is 16.7. The van der Waals surface area contributed by atoms with Gasteiger partial charge in [-0.05, 0) is 124 Å². The van der Waals surface area contributed by atoms with E-state index in [9.17, 15) is 19.2 Å². The topological polar surface area (TPSA) is 165 Å². The summed E-state index contributed by atoms with van der Waals surface area (Å²) in [5.74, 6) is -3.50. The summed E-state index contributed by atoms with van der Waals surface area (Å²) in [4.78, 5) is 56.1. The molecule has 3 saturated carbocycles. The summed E-state index contributed by atoms with van der Waals surface area (Å²) >= 11 is 0. The Kier molecular flexibility index (Phi) is 11.9. The monoisotopic (exact) mass is 769 g/mol. The molecule has 8 unspecified atom stereocenters. The number of piperidine rings is 1. The maximum atomic E-state index is 14.1. The Morgan fingerprint density at radius 2 is 1.56 bits per heavy atom. The van der Waals surface area contributed by atoms with Gasteiger partial charge in [0.05, 0.1) is 49.3 Å². The van der Waals surface area contributed by atoms with Gasteiger partial charge >= 0.3 is 25.0 Å². The van der Waals surface area contributed by atoms with Crippen molar-refractivity contribution in [2.75, 3.05) is 20.2 Å². The number of para-hydroxylation sites is 1. The van der Waals surface area contributed by atoms with Crippen LogP contribution in [-0.2, 0) is 44.3 Å². The minimum absolute atomic E-state index is 0.111. The lowest BCUT2D eigenvalue weighted by Gasteiger charge is -2.64. The lowest BCUT2D eigenvalue weighted by molar-refractivity contribution is -0.199. The number of esters is 3. The zero-order valence-corrected chi connectivity index (χ0v) is 35.2. The number of nitrogens with one attached hydrogen (secondary N) is 1. The summed E-state index contributed by atoms with van der Waals surface area (Å²) < 4.78 is 36.4. The van der Waals surface area contributed by atoms with E-state index >= 15 is 0 Å². The van der Waals surface area contributed by atoms with Crippen LogP contribution >= 0.6 is 0 Å². The van der Waals surface area contributed by atoms with Crippen LogP contribution in [0.5, 0.6) is 5.75 Å². The number of carbonyl (C=O) groups excluding carboxylic acids is 4. The minimum Gasteiger partial charge on any atom is -0.496 e. The van der Waals surface area contributed by atoms with Gasteiger partial charge in [-0.1, -0.05) is 26.0 Å². The maximum absolute atomic E-state index is 14.1. The molecule has 2 bridgehead atoms. The molecule has 3 aliphatic carbocycles. The Morgan fingerprint density at radius 3 is 2.15 bits per heavy atom. The van der Waals surface area contributed by atoms with Gasteiger partial charge in [0.15, 0.2) is 0 Å². The van der Waals surface area contributed by atoms with Gasteiger partial charge in [0.25, 0.3) is 0 Å². The third-order valence-electron chi connectivity index (χ3n) is 11.7. The number of ether oxygens (including phenoxy) is 4. The smallest absolute Gasteiger partial charge is 0.482 e. The summed E-state index contributed by atoms with van der Waals surface area (Å²) in [5, 5.41) is 3.17. The van der Waals surface area contributed by atoms with E-state index in [2.05, 4.69) is 26.1 Å². The molecule has 0 spiro atoms. The summed E-state index contributed by atoms with van der Waals surface area (Å²) in [7, 11) is 0.696. The normalized spacial score (nSPS) is 29.7. The van der Waals surface area contributed by atoms with Crippen molar-refractivity contribution in [1.29, 1.82) is 0 Å². The van der Waals surface area contributed by atoms with E-state index in [4.69, 9.17) is 34.0 Å². The molecule has 5 fully saturated rings. The molecule has 2 aliphatic heterocycles. The van der Waals surface area contributed by atoms with Crippen molar-refractivity contribution in [3.63, 3.8) is 0 Å². The third-order valence-corrected chi connectivity index (χ3v) is 11.7. The van der Waals surface area contributed by atoms with E-state index in [0.717, 1.165) is 12.8 Å². The van der Waals surface area contributed by atoms with E-state index in [1.807, 2.05) is 6.07 Å². The second-order valence-electron chi connectivity index (χ2n) is 19.7. The number of nitrogens with two attached hydrogens (primary N) is 1. The van der Waals surface area contributed by atoms with Gasteiger partial charge in [-0.15, -0.1) is 0 Å². The van der Waals surface area contributed by atoms with Crippen molar-refractivity contribution in [2.24, 2.45) is 34.8 Å². The molecule has 0 radical (unpaired) electrons. The molecule has 55 heavy (non-hydrogen) atoms. The molecule has 2 heterocycles. The molecule has 8 atom stereocenters. The molecule has 13 nitrogen and oxygen atoms in total. The highest BCUT2D eigenvalue weighted by Gasteiger charge is 2.68. The van der Waals surface area contributed by atoms with Crippen LogP contribution in [0, 0.1) is 29.1 Å². The SMILES string of the molecule is COc1c(CC(NC(=O)CN2CCC(C(=O)OC(C)(C)C)C(C(=O)OC(C)(C)C)C2N)B2OC3CC4CC(C4(C)C)C3(C)O2)cccc1C(=O)OC(C)(C)C. The van der Waals surface area contributed by atoms with E-state index in [-0.39, 0.29) is 48.9 Å².